The van der Waals surface area contributed by atoms with E-state index in [2.05, 4.69) is 15.0 Å². The molecule has 2 aromatic rings. The average Bonchev–Trinajstić information content (AvgIpc) is 3.39. The van der Waals surface area contributed by atoms with Crippen LogP contribution in [0.5, 0.6) is 0 Å². The summed E-state index contributed by atoms with van der Waals surface area (Å²) in [7, 11) is 0. The maximum Gasteiger partial charge on any atom is 0.410 e. The van der Waals surface area contributed by atoms with Crippen LogP contribution in [0.2, 0.25) is 0 Å². The summed E-state index contributed by atoms with van der Waals surface area (Å²) in [5.41, 5.74) is 1.05. The van der Waals surface area contributed by atoms with E-state index < -0.39 is 5.60 Å². The van der Waals surface area contributed by atoms with Gasteiger partial charge in [0.15, 0.2) is 0 Å². The summed E-state index contributed by atoms with van der Waals surface area (Å²) in [5.74, 6) is 0.0679. The van der Waals surface area contributed by atoms with Crippen LogP contribution in [0.3, 0.4) is 0 Å². The molecule has 2 heterocycles. The Morgan fingerprint density at radius 2 is 1.67 bits per heavy atom. The lowest BCUT2D eigenvalue weighted by atomic mass is 10.0. The summed E-state index contributed by atoms with van der Waals surface area (Å²) in [5, 5.41) is 4.12. The molecule has 0 atom stereocenters. The molecule has 4 rings (SSSR count). The van der Waals surface area contributed by atoms with E-state index in [0.717, 1.165) is 31.4 Å². The minimum atomic E-state index is -0.498. The van der Waals surface area contributed by atoms with E-state index in [4.69, 9.17) is 4.74 Å². The van der Waals surface area contributed by atoms with Crippen molar-refractivity contribution in [1.29, 1.82) is 0 Å². The number of carbonyl (C=O) groups is 2. The van der Waals surface area contributed by atoms with Gasteiger partial charge >= 0.3 is 6.09 Å². The topological polar surface area (TPSA) is 80.6 Å². The SMILES string of the molecule is CC(C)(C)OC(=O)N1CCC(N(C(=O)c2ccc(-n3cncn3)cc2)C2CC2)CC1. The number of hydrogen-bond acceptors (Lipinski definition) is 5. The second kappa shape index (κ2) is 8.08. The third-order valence-electron chi connectivity index (χ3n) is 5.48. The third-order valence-corrected chi connectivity index (χ3v) is 5.48. The minimum absolute atomic E-state index is 0.0679. The molecule has 0 spiro atoms. The largest absolute Gasteiger partial charge is 0.444 e. The van der Waals surface area contributed by atoms with E-state index in [1.54, 1.807) is 15.9 Å². The van der Waals surface area contributed by atoms with E-state index in [9.17, 15) is 9.59 Å². The van der Waals surface area contributed by atoms with Gasteiger partial charge in [-0.3, -0.25) is 4.79 Å². The number of benzene rings is 1. The fourth-order valence-corrected chi connectivity index (χ4v) is 3.88. The summed E-state index contributed by atoms with van der Waals surface area (Å²) >= 11 is 0. The summed E-state index contributed by atoms with van der Waals surface area (Å²) < 4.78 is 7.15. The van der Waals surface area contributed by atoms with Gasteiger partial charge in [0.25, 0.3) is 5.91 Å². The van der Waals surface area contributed by atoms with Crippen LogP contribution in [0.15, 0.2) is 36.9 Å². The number of rotatable bonds is 4. The normalized spacial score (nSPS) is 17.6. The Balaban J connectivity index is 1.41. The van der Waals surface area contributed by atoms with Crippen molar-refractivity contribution in [1.82, 2.24) is 24.6 Å². The quantitative estimate of drug-likeness (QED) is 0.771. The third kappa shape index (κ3) is 4.63. The van der Waals surface area contributed by atoms with Gasteiger partial charge in [0.2, 0.25) is 0 Å². The van der Waals surface area contributed by atoms with Gasteiger partial charge in [-0.1, -0.05) is 0 Å². The average molecular weight is 412 g/mol. The molecule has 0 bridgehead atoms. The maximum absolute atomic E-state index is 13.3. The number of nitrogens with zero attached hydrogens (tertiary/aromatic N) is 5. The number of piperidine rings is 1. The molecule has 1 aromatic carbocycles. The van der Waals surface area contributed by atoms with Crippen LogP contribution in [-0.2, 0) is 4.74 Å². The summed E-state index contributed by atoms with van der Waals surface area (Å²) in [6.45, 7) is 6.85. The molecule has 1 aliphatic carbocycles. The molecule has 2 fully saturated rings. The van der Waals surface area contributed by atoms with Crippen molar-refractivity contribution in [3.05, 3.63) is 42.5 Å². The molecule has 0 N–H and O–H groups in total. The van der Waals surface area contributed by atoms with E-state index in [1.165, 1.54) is 6.33 Å². The van der Waals surface area contributed by atoms with Gasteiger partial charge in [-0.25, -0.2) is 14.5 Å². The highest BCUT2D eigenvalue weighted by atomic mass is 16.6. The first-order chi connectivity index (χ1) is 14.3. The van der Waals surface area contributed by atoms with Crippen molar-refractivity contribution in [2.75, 3.05) is 13.1 Å². The lowest BCUT2D eigenvalue weighted by Gasteiger charge is -2.39. The van der Waals surface area contributed by atoms with Crippen molar-refractivity contribution in [3.8, 4) is 5.69 Å². The Bertz CT molecular complexity index is 876. The summed E-state index contributed by atoms with van der Waals surface area (Å²) in [4.78, 5) is 33.4. The molecule has 1 aliphatic heterocycles. The Hall–Kier alpha value is -2.90. The molecule has 160 valence electrons. The number of amides is 2. The van der Waals surface area contributed by atoms with Gasteiger partial charge < -0.3 is 14.5 Å². The zero-order chi connectivity index (χ0) is 21.3. The van der Waals surface area contributed by atoms with Gasteiger partial charge in [-0.15, -0.1) is 0 Å². The van der Waals surface area contributed by atoms with Crippen LogP contribution in [-0.4, -0.2) is 67.3 Å². The smallest absolute Gasteiger partial charge is 0.410 e. The lowest BCUT2D eigenvalue weighted by Crippen LogP contribution is -2.50. The van der Waals surface area contributed by atoms with E-state index in [0.29, 0.717) is 24.7 Å². The lowest BCUT2D eigenvalue weighted by molar-refractivity contribution is 0.0142. The van der Waals surface area contributed by atoms with Crippen LogP contribution in [0.4, 0.5) is 4.79 Å². The monoisotopic (exact) mass is 411 g/mol. The highest BCUT2D eigenvalue weighted by molar-refractivity contribution is 5.95. The molecular formula is C22H29N5O3. The molecule has 8 heteroatoms. The standard InChI is InChI=1S/C22H29N5O3/c1-22(2,3)30-21(29)25-12-10-19(11-13-25)27(18-8-9-18)20(28)16-4-6-17(7-5-16)26-15-23-14-24-26/h4-7,14-15,18-19H,8-13H2,1-3H3. The van der Waals surface area contributed by atoms with Crippen LogP contribution >= 0.6 is 0 Å². The Kier molecular flexibility index (Phi) is 5.49. The zero-order valence-electron chi connectivity index (χ0n) is 17.8. The van der Waals surface area contributed by atoms with Gasteiger partial charge in [0.05, 0.1) is 5.69 Å². The van der Waals surface area contributed by atoms with E-state index in [-0.39, 0.29) is 18.0 Å². The highest BCUT2D eigenvalue weighted by Gasteiger charge is 2.39. The molecule has 0 unspecified atom stereocenters. The number of carbonyl (C=O) groups excluding carboxylic acids is 2. The minimum Gasteiger partial charge on any atom is -0.444 e. The first-order valence-electron chi connectivity index (χ1n) is 10.6. The van der Waals surface area contributed by atoms with Crippen LogP contribution in [0, 0.1) is 0 Å². The molecule has 2 aliphatic rings. The molecule has 1 saturated heterocycles. The predicted molar refractivity (Wildman–Crippen MR) is 111 cm³/mol. The van der Waals surface area contributed by atoms with E-state index >= 15 is 0 Å². The Morgan fingerprint density at radius 1 is 1.03 bits per heavy atom. The predicted octanol–water partition coefficient (Wildman–Crippen LogP) is 3.27. The zero-order valence-corrected chi connectivity index (χ0v) is 17.8. The maximum atomic E-state index is 13.3. The molecular weight excluding hydrogens is 382 g/mol. The van der Waals surface area contributed by atoms with Crippen molar-refractivity contribution in [3.63, 3.8) is 0 Å². The van der Waals surface area contributed by atoms with Gasteiger partial charge in [-0.05, 0) is 70.7 Å². The second-order valence-electron chi connectivity index (χ2n) is 9.03. The summed E-state index contributed by atoms with van der Waals surface area (Å²) in [6.07, 6.45) is 6.50. The second-order valence-corrected chi connectivity index (χ2v) is 9.03. The van der Waals surface area contributed by atoms with Crippen LogP contribution in [0.25, 0.3) is 5.69 Å². The molecule has 1 aromatic heterocycles. The number of aromatic nitrogens is 3. The molecule has 30 heavy (non-hydrogen) atoms. The van der Waals surface area contributed by atoms with Crippen molar-refractivity contribution in [2.45, 2.75) is 64.1 Å². The number of hydrogen-bond donors (Lipinski definition) is 0. The van der Waals surface area contributed by atoms with Crippen LogP contribution in [0.1, 0.15) is 56.8 Å². The van der Waals surface area contributed by atoms with Gasteiger partial charge in [0, 0.05) is 30.7 Å². The fourth-order valence-electron chi connectivity index (χ4n) is 3.88. The molecule has 2 amide bonds. The first kappa shape index (κ1) is 20.4. The number of likely N-dealkylation sites (tertiary alicyclic amines) is 1. The first-order valence-corrected chi connectivity index (χ1v) is 10.6. The molecule has 1 saturated carbocycles. The van der Waals surface area contributed by atoms with E-state index in [1.807, 2.05) is 45.0 Å². The van der Waals surface area contributed by atoms with Crippen molar-refractivity contribution >= 4 is 12.0 Å². The summed E-state index contributed by atoms with van der Waals surface area (Å²) in [6, 6.07) is 7.94. The Labute approximate surface area is 176 Å². The van der Waals surface area contributed by atoms with Crippen molar-refractivity contribution < 1.29 is 14.3 Å². The Morgan fingerprint density at radius 3 is 2.20 bits per heavy atom. The van der Waals surface area contributed by atoms with Crippen LogP contribution < -0.4 is 0 Å². The van der Waals surface area contributed by atoms with Gasteiger partial charge in [0.1, 0.15) is 18.3 Å². The molecule has 0 radical (unpaired) electrons. The van der Waals surface area contributed by atoms with Gasteiger partial charge in [-0.2, -0.15) is 5.10 Å². The fraction of sp³-hybridized carbons (Fsp3) is 0.545. The number of ether oxygens (including phenoxy) is 1. The van der Waals surface area contributed by atoms with Crippen molar-refractivity contribution in [2.24, 2.45) is 0 Å². The highest BCUT2D eigenvalue weighted by Crippen LogP contribution is 2.33. The molecule has 8 nitrogen and oxygen atoms in total.